The Kier molecular flexibility index (Phi) is 5.91. The van der Waals surface area contributed by atoms with Gasteiger partial charge in [0.15, 0.2) is 5.82 Å². The van der Waals surface area contributed by atoms with Gasteiger partial charge in [-0.25, -0.2) is 0 Å². The molecule has 0 radical (unpaired) electrons. The Labute approximate surface area is 149 Å². The minimum atomic E-state index is 0.338. The highest BCUT2D eigenvalue weighted by atomic mass is 16.5. The minimum Gasteiger partial charge on any atom is -0.494 e. The van der Waals surface area contributed by atoms with Crippen molar-refractivity contribution >= 4 is 5.95 Å². The topological polar surface area (TPSA) is 52.4 Å². The van der Waals surface area contributed by atoms with E-state index < -0.39 is 0 Å². The van der Waals surface area contributed by atoms with Gasteiger partial charge in [-0.3, -0.25) is 4.57 Å². The molecule has 0 bridgehead atoms. The molecule has 1 fully saturated rings. The molecule has 1 atom stereocenters. The maximum Gasteiger partial charge on any atom is 0.227 e. The van der Waals surface area contributed by atoms with Crippen LogP contribution in [0.15, 0.2) is 24.3 Å². The normalized spacial score (nSPS) is 17.2. The summed E-state index contributed by atoms with van der Waals surface area (Å²) >= 11 is 0. The van der Waals surface area contributed by atoms with E-state index in [1.165, 1.54) is 5.56 Å². The van der Waals surface area contributed by atoms with Crippen LogP contribution in [-0.4, -0.2) is 34.5 Å². The third-order valence-corrected chi connectivity index (χ3v) is 4.64. The first kappa shape index (κ1) is 17.7. The van der Waals surface area contributed by atoms with Gasteiger partial charge in [0.05, 0.1) is 12.6 Å². The van der Waals surface area contributed by atoms with Crippen molar-refractivity contribution < 1.29 is 9.47 Å². The highest BCUT2D eigenvalue weighted by molar-refractivity contribution is 5.41. The molecule has 3 rings (SSSR count). The molecular formula is C19H28N4O2. The Bertz CT molecular complexity index is 669. The first-order valence-corrected chi connectivity index (χ1v) is 9.27. The average molecular weight is 344 g/mol. The predicted molar refractivity (Wildman–Crippen MR) is 98.0 cm³/mol. The average Bonchev–Trinajstić information content (AvgIpc) is 3.27. The molecule has 136 valence electrons. The lowest BCUT2D eigenvalue weighted by molar-refractivity contribution is 0.125. The number of benzene rings is 1. The van der Waals surface area contributed by atoms with E-state index in [0.29, 0.717) is 25.9 Å². The van der Waals surface area contributed by atoms with E-state index in [9.17, 15) is 0 Å². The Balaban J connectivity index is 1.82. The monoisotopic (exact) mass is 344 g/mol. The fourth-order valence-electron chi connectivity index (χ4n) is 3.47. The third-order valence-electron chi connectivity index (χ3n) is 4.64. The number of hydrogen-bond donors (Lipinski definition) is 0. The van der Waals surface area contributed by atoms with Gasteiger partial charge in [0.25, 0.3) is 0 Å². The molecule has 6 heteroatoms. The van der Waals surface area contributed by atoms with Crippen LogP contribution in [0.2, 0.25) is 0 Å². The SMILES string of the molecule is CCOCc1nnc(N2CCCC2c2ccc(OCC)cc2)n1CC. The van der Waals surface area contributed by atoms with Gasteiger partial charge in [-0.1, -0.05) is 12.1 Å². The first-order valence-electron chi connectivity index (χ1n) is 9.27. The molecule has 1 aliphatic rings. The van der Waals surface area contributed by atoms with Crippen molar-refractivity contribution in [2.45, 2.75) is 52.8 Å². The molecule has 0 aliphatic carbocycles. The van der Waals surface area contributed by atoms with E-state index in [1.54, 1.807) is 0 Å². The predicted octanol–water partition coefficient (Wildman–Crippen LogP) is 3.57. The van der Waals surface area contributed by atoms with Crippen LogP contribution in [0, 0.1) is 0 Å². The second kappa shape index (κ2) is 8.34. The molecule has 2 aromatic rings. The van der Waals surface area contributed by atoms with E-state index in [-0.39, 0.29) is 0 Å². The smallest absolute Gasteiger partial charge is 0.227 e. The van der Waals surface area contributed by atoms with E-state index in [4.69, 9.17) is 9.47 Å². The molecule has 6 nitrogen and oxygen atoms in total. The van der Waals surface area contributed by atoms with Crippen LogP contribution in [0.3, 0.4) is 0 Å². The molecule has 1 aromatic heterocycles. The van der Waals surface area contributed by atoms with Crippen molar-refractivity contribution in [2.24, 2.45) is 0 Å². The highest BCUT2D eigenvalue weighted by Gasteiger charge is 2.30. The Hall–Kier alpha value is -2.08. The van der Waals surface area contributed by atoms with Crippen molar-refractivity contribution in [2.75, 3.05) is 24.7 Å². The number of aromatic nitrogens is 3. The van der Waals surface area contributed by atoms with Crippen LogP contribution in [0.25, 0.3) is 0 Å². The molecular weight excluding hydrogens is 316 g/mol. The van der Waals surface area contributed by atoms with Gasteiger partial charge in [-0.05, 0) is 51.3 Å². The summed E-state index contributed by atoms with van der Waals surface area (Å²) in [7, 11) is 0. The van der Waals surface area contributed by atoms with Gasteiger partial charge in [0.2, 0.25) is 5.95 Å². The quantitative estimate of drug-likeness (QED) is 0.733. The molecule has 25 heavy (non-hydrogen) atoms. The highest BCUT2D eigenvalue weighted by Crippen LogP contribution is 2.36. The van der Waals surface area contributed by atoms with E-state index in [1.807, 2.05) is 13.8 Å². The Morgan fingerprint density at radius 3 is 2.56 bits per heavy atom. The zero-order valence-corrected chi connectivity index (χ0v) is 15.4. The lowest BCUT2D eigenvalue weighted by atomic mass is 10.0. The minimum absolute atomic E-state index is 0.338. The summed E-state index contributed by atoms with van der Waals surface area (Å²) < 4.78 is 13.3. The molecule has 0 N–H and O–H groups in total. The number of rotatable bonds is 8. The Morgan fingerprint density at radius 1 is 1.08 bits per heavy atom. The summed E-state index contributed by atoms with van der Waals surface area (Å²) in [5, 5.41) is 8.84. The van der Waals surface area contributed by atoms with Gasteiger partial charge in [0.1, 0.15) is 12.4 Å². The zero-order chi connectivity index (χ0) is 17.6. The van der Waals surface area contributed by atoms with Crippen LogP contribution in [0.4, 0.5) is 5.95 Å². The maximum atomic E-state index is 5.56. The van der Waals surface area contributed by atoms with E-state index in [2.05, 4.69) is 50.9 Å². The van der Waals surface area contributed by atoms with Crippen LogP contribution < -0.4 is 9.64 Å². The lowest BCUT2D eigenvalue weighted by Crippen LogP contribution is -2.26. The van der Waals surface area contributed by atoms with Crippen molar-refractivity contribution in [1.29, 1.82) is 0 Å². The molecule has 1 aliphatic heterocycles. The second-order valence-electron chi connectivity index (χ2n) is 6.15. The molecule has 1 saturated heterocycles. The molecule has 0 spiro atoms. The molecule has 0 amide bonds. The maximum absolute atomic E-state index is 5.56. The lowest BCUT2D eigenvalue weighted by Gasteiger charge is -2.26. The van der Waals surface area contributed by atoms with Gasteiger partial charge in [0, 0.05) is 19.7 Å². The first-order chi connectivity index (χ1) is 12.3. The van der Waals surface area contributed by atoms with Crippen molar-refractivity contribution in [3.8, 4) is 5.75 Å². The van der Waals surface area contributed by atoms with E-state index in [0.717, 1.165) is 43.5 Å². The Morgan fingerprint density at radius 2 is 1.88 bits per heavy atom. The van der Waals surface area contributed by atoms with Crippen LogP contribution in [0.5, 0.6) is 5.75 Å². The second-order valence-corrected chi connectivity index (χ2v) is 6.15. The summed E-state index contributed by atoms with van der Waals surface area (Å²) in [5.74, 6) is 2.77. The van der Waals surface area contributed by atoms with E-state index >= 15 is 0 Å². The van der Waals surface area contributed by atoms with Gasteiger partial charge >= 0.3 is 0 Å². The number of hydrogen-bond acceptors (Lipinski definition) is 5. The van der Waals surface area contributed by atoms with Gasteiger partial charge in [-0.2, -0.15) is 0 Å². The molecule has 1 unspecified atom stereocenters. The molecule has 1 aromatic carbocycles. The van der Waals surface area contributed by atoms with Crippen LogP contribution >= 0.6 is 0 Å². The summed E-state index contributed by atoms with van der Waals surface area (Å²) in [4.78, 5) is 2.38. The fourth-order valence-corrected chi connectivity index (χ4v) is 3.47. The van der Waals surface area contributed by atoms with Crippen LogP contribution in [0.1, 0.15) is 51.0 Å². The van der Waals surface area contributed by atoms with Crippen LogP contribution in [-0.2, 0) is 17.9 Å². The van der Waals surface area contributed by atoms with Crippen molar-refractivity contribution in [3.63, 3.8) is 0 Å². The van der Waals surface area contributed by atoms with Crippen molar-refractivity contribution in [3.05, 3.63) is 35.7 Å². The molecule has 0 saturated carbocycles. The number of ether oxygens (including phenoxy) is 2. The third kappa shape index (κ3) is 3.79. The summed E-state index contributed by atoms with van der Waals surface area (Å²) in [6.45, 7) is 9.87. The standard InChI is InChI=1S/C19H28N4O2/c1-4-22-18(14-24-5-2)20-21-19(22)23-13-7-8-17(23)15-9-11-16(12-10-15)25-6-3/h9-12,17H,4-8,13-14H2,1-3H3. The summed E-state index contributed by atoms with van der Waals surface area (Å²) in [5.41, 5.74) is 1.30. The van der Waals surface area contributed by atoms with Crippen molar-refractivity contribution in [1.82, 2.24) is 14.8 Å². The number of nitrogens with zero attached hydrogens (tertiary/aromatic N) is 4. The summed E-state index contributed by atoms with van der Waals surface area (Å²) in [6.07, 6.45) is 2.29. The summed E-state index contributed by atoms with van der Waals surface area (Å²) in [6, 6.07) is 8.79. The fraction of sp³-hybridized carbons (Fsp3) is 0.579. The largest absolute Gasteiger partial charge is 0.494 e. The number of anilines is 1. The van der Waals surface area contributed by atoms with Gasteiger partial charge in [-0.15, -0.1) is 10.2 Å². The van der Waals surface area contributed by atoms with Gasteiger partial charge < -0.3 is 14.4 Å². The molecule has 2 heterocycles. The zero-order valence-electron chi connectivity index (χ0n) is 15.4.